The molecule has 2 amide bonds. The maximum atomic E-state index is 14.1. The number of fused-ring (bicyclic) bond motifs is 1. The van der Waals surface area contributed by atoms with Crippen LogP contribution in [-0.2, 0) is 23.9 Å². The van der Waals surface area contributed by atoms with Crippen LogP contribution in [-0.4, -0.2) is 119 Å². The van der Waals surface area contributed by atoms with Crippen LogP contribution in [0, 0.1) is 11.8 Å². The first-order chi connectivity index (χ1) is 17.5. The maximum absolute atomic E-state index is 14.1. The minimum absolute atomic E-state index is 0.0290. The van der Waals surface area contributed by atoms with Crippen molar-refractivity contribution in [2.24, 2.45) is 11.8 Å². The number of likely N-dealkylation sites (tertiary alicyclic amines) is 1. The molecule has 5 atom stereocenters. The van der Waals surface area contributed by atoms with Gasteiger partial charge in [0, 0.05) is 44.5 Å². The van der Waals surface area contributed by atoms with Gasteiger partial charge in [-0.1, -0.05) is 12.2 Å². The summed E-state index contributed by atoms with van der Waals surface area (Å²) in [5.41, 5.74) is 0. The summed E-state index contributed by atoms with van der Waals surface area (Å²) in [6.07, 6.45) is 6.42. The van der Waals surface area contributed by atoms with Gasteiger partial charge in [0.1, 0.15) is 6.04 Å². The highest BCUT2D eigenvalue weighted by Gasteiger charge is 2.74. The van der Waals surface area contributed by atoms with Gasteiger partial charge in [0.2, 0.25) is 11.8 Å². The topological polar surface area (TPSA) is 99.6 Å². The first-order valence-corrected chi connectivity index (χ1v) is 13.9. The summed E-state index contributed by atoms with van der Waals surface area (Å²) in [4.78, 5) is 46.5. The second kappa shape index (κ2) is 12.1. The molecule has 10 heteroatoms. The number of aliphatic hydroxyl groups excluding tert-OH is 1. The van der Waals surface area contributed by atoms with Crippen molar-refractivity contribution in [2.75, 3.05) is 65.7 Å². The SMILES string of the molecule is C=CCCCOC(=O)[C@@H]1[C@@H]2CCC3(S2)C(C(=O)N(CC=C)CCN2CCOCC2)N(CCO)C(=O)[C@H]13. The molecule has 1 spiro atoms. The molecule has 9 nitrogen and oxygen atoms in total. The van der Waals surface area contributed by atoms with Crippen molar-refractivity contribution in [3.8, 4) is 0 Å². The van der Waals surface area contributed by atoms with Crippen LogP contribution in [0.25, 0.3) is 0 Å². The van der Waals surface area contributed by atoms with E-state index in [1.54, 1.807) is 28.8 Å². The number of esters is 1. The van der Waals surface area contributed by atoms with Gasteiger partial charge >= 0.3 is 5.97 Å². The number of carbonyl (C=O) groups excluding carboxylic acids is 3. The van der Waals surface area contributed by atoms with Crippen LogP contribution in [0.5, 0.6) is 0 Å². The smallest absolute Gasteiger partial charge is 0.310 e. The average molecular weight is 522 g/mol. The highest BCUT2D eigenvalue weighted by molar-refractivity contribution is 8.02. The van der Waals surface area contributed by atoms with Crippen LogP contribution in [0.15, 0.2) is 25.3 Å². The third-order valence-electron chi connectivity index (χ3n) is 7.90. The lowest BCUT2D eigenvalue weighted by molar-refractivity contribution is -0.154. The van der Waals surface area contributed by atoms with Crippen molar-refractivity contribution in [1.82, 2.24) is 14.7 Å². The van der Waals surface area contributed by atoms with E-state index in [2.05, 4.69) is 18.1 Å². The molecular formula is C26H39N3O6S. The van der Waals surface area contributed by atoms with Gasteiger partial charge in [-0.25, -0.2) is 0 Å². The van der Waals surface area contributed by atoms with Crippen molar-refractivity contribution in [3.63, 3.8) is 0 Å². The van der Waals surface area contributed by atoms with Gasteiger partial charge in [-0.2, -0.15) is 0 Å². The number of hydrogen-bond donors (Lipinski definition) is 1. The number of amides is 2. The van der Waals surface area contributed by atoms with Crippen LogP contribution in [0.3, 0.4) is 0 Å². The molecule has 0 aromatic carbocycles. The number of ether oxygens (including phenoxy) is 2. The number of thioether (sulfide) groups is 1. The van der Waals surface area contributed by atoms with Gasteiger partial charge < -0.3 is 24.4 Å². The van der Waals surface area contributed by atoms with E-state index in [-0.39, 0.29) is 36.2 Å². The summed E-state index contributed by atoms with van der Waals surface area (Å²) in [7, 11) is 0. The minimum atomic E-state index is -0.708. The molecular weight excluding hydrogens is 482 g/mol. The predicted molar refractivity (Wildman–Crippen MR) is 137 cm³/mol. The van der Waals surface area contributed by atoms with Crippen molar-refractivity contribution in [2.45, 2.75) is 41.7 Å². The molecule has 4 heterocycles. The molecule has 2 unspecified atom stereocenters. The Balaban J connectivity index is 1.54. The summed E-state index contributed by atoms with van der Waals surface area (Å²) in [6.45, 7) is 12.3. The number of hydrogen-bond acceptors (Lipinski definition) is 8. The zero-order chi connectivity index (χ0) is 25.7. The Labute approximate surface area is 217 Å². The number of carbonyl (C=O) groups is 3. The summed E-state index contributed by atoms with van der Waals surface area (Å²) >= 11 is 1.62. The molecule has 0 aromatic heterocycles. The summed E-state index contributed by atoms with van der Waals surface area (Å²) in [5, 5.41) is 9.74. The predicted octanol–water partition coefficient (Wildman–Crippen LogP) is 0.926. The number of morpholine rings is 1. The van der Waals surface area contributed by atoms with Crippen LogP contribution in [0.1, 0.15) is 25.7 Å². The molecule has 0 aliphatic carbocycles. The zero-order valence-corrected chi connectivity index (χ0v) is 21.8. The number of unbranched alkanes of at least 4 members (excludes halogenated alkanes) is 1. The van der Waals surface area contributed by atoms with E-state index in [4.69, 9.17) is 9.47 Å². The number of aliphatic hydroxyl groups is 1. The zero-order valence-electron chi connectivity index (χ0n) is 21.0. The number of allylic oxidation sites excluding steroid dienone is 1. The summed E-state index contributed by atoms with van der Waals surface area (Å²) < 4.78 is 10.3. The first-order valence-electron chi connectivity index (χ1n) is 13.0. The molecule has 36 heavy (non-hydrogen) atoms. The van der Waals surface area contributed by atoms with Gasteiger partial charge in [-0.15, -0.1) is 24.9 Å². The fourth-order valence-corrected chi connectivity index (χ4v) is 8.45. The average Bonchev–Trinajstić information content (AvgIpc) is 3.52. The second-order valence-electron chi connectivity index (χ2n) is 9.94. The normalized spacial score (nSPS) is 31.4. The number of rotatable bonds is 13. The Hall–Kier alpha value is -1.88. The number of nitrogens with zero attached hydrogens (tertiary/aromatic N) is 3. The largest absolute Gasteiger partial charge is 0.465 e. The van der Waals surface area contributed by atoms with Gasteiger partial charge in [-0.3, -0.25) is 19.3 Å². The Morgan fingerprint density at radius 3 is 2.72 bits per heavy atom. The Morgan fingerprint density at radius 1 is 1.25 bits per heavy atom. The van der Waals surface area contributed by atoms with Crippen molar-refractivity contribution in [3.05, 3.63) is 25.3 Å². The highest BCUT2D eigenvalue weighted by Crippen LogP contribution is 2.66. The van der Waals surface area contributed by atoms with Crippen molar-refractivity contribution in [1.29, 1.82) is 0 Å². The van der Waals surface area contributed by atoms with Crippen LogP contribution >= 0.6 is 11.8 Å². The van der Waals surface area contributed by atoms with E-state index in [1.165, 1.54) is 4.90 Å². The lowest BCUT2D eigenvalue weighted by Crippen LogP contribution is -2.56. The molecule has 0 saturated carbocycles. The summed E-state index contributed by atoms with van der Waals surface area (Å²) in [5.74, 6) is -1.83. The molecule has 2 bridgehead atoms. The van der Waals surface area contributed by atoms with Gasteiger partial charge in [0.15, 0.2) is 0 Å². The lowest BCUT2D eigenvalue weighted by Gasteiger charge is -2.38. The maximum Gasteiger partial charge on any atom is 0.310 e. The molecule has 4 aliphatic heterocycles. The standard InChI is InChI=1S/C26H39N3O6S/c1-3-5-6-16-35-25(33)20-19-7-8-26(36-19)21(20)23(31)29(12-15-30)22(26)24(32)28(9-4-2)11-10-27-13-17-34-18-14-27/h3-4,19-22,30H,1-2,5-18H2/t19-,20+,21-,22?,26?/m0/s1. The van der Waals surface area contributed by atoms with Gasteiger partial charge in [0.05, 0.1) is 43.0 Å². The third-order valence-corrected chi connectivity index (χ3v) is 9.85. The van der Waals surface area contributed by atoms with E-state index in [0.29, 0.717) is 45.8 Å². The highest BCUT2D eigenvalue weighted by atomic mass is 32.2. The molecule has 1 N–H and O–H groups in total. The quantitative estimate of drug-likeness (QED) is 0.217. The van der Waals surface area contributed by atoms with Crippen molar-refractivity contribution >= 4 is 29.5 Å². The molecule has 4 aliphatic rings. The van der Waals surface area contributed by atoms with Gasteiger partial charge in [-0.05, 0) is 25.7 Å². The van der Waals surface area contributed by atoms with E-state index in [9.17, 15) is 19.5 Å². The van der Waals surface area contributed by atoms with Crippen LogP contribution < -0.4 is 0 Å². The Morgan fingerprint density at radius 2 is 2.03 bits per heavy atom. The first kappa shape index (κ1) is 27.2. The molecule has 0 radical (unpaired) electrons. The Kier molecular flexibility index (Phi) is 9.14. The fraction of sp³-hybridized carbons (Fsp3) is 0.731. The van der Waals surface area contributed by atoms with Crippen LogP contribution in [0.2, 0.25) is 0 Å². The van der Waals surface area contributed by atoms with Gasteiger partial charge in [0.25, 0.3) is 0 Å². The van der Waals surface area contributed by atoms with Crippen molar-refractivity contribution < 1.29 is 29.0 Å². The number of β-amino-alcohol motifs (C(OH)–C–C–N with tert-alkyl or cyclic N) is 1. The molecule has 4 rings (SSSR count). The monoisotopic (exact) mass is 521 g/mol. The molecule has 0 aromatic rings. The summed E-state index contributed by atoms with van der Waals surface area (Å²) in [6, 6.07) is -0.708. The van der Waals surface area contributed by atoms with E-state index in [0.717, 1.165) is 32.5 Å². The van der Waals surface area contributed by atoms with E-state index < -0.39 is 22.6 Å². The second-order valence-corrected chi connectivity index (χ2v) is 11.5. The van der Waals surface area contributed by atoms with E-state index in [1.807, 2.05) is 0 Å². The fourth-order valence-electron chi connectivity index (χ4n) is 6.25. The Bertz CT molecular complexity index is 850. The third kappa shape index (κ3) is 5.10. The van der Waals surface area contributed by atoms with Crippen LogP contribution in [0.4, 0.5) is 0 Å². The molecule has 4 fully saturated rings. The lowest BCUT2D eigenvalue weighted by atomic mass is 9.71. The molecule has 200 valence electrons. The minimum Gasteiger partial charge on any atom is -0.465 e. The van der Waals surface area contributed by atoms with E-state index >= 15 is 0 Å². The molecule has 4 saturated heterocycles.